The summed E-state index contributed by atoms with van der Waals surface area (Å²) in [6.07, 6.45) is 5.83. The van der Waals surface area contributed by atoms with Crippen LogP contribution in [0, 0.1) is 0 Å². The van der Waals surface area contributed by atoms with Gasteiger partial charge in [-0.1, -0.05) is 54.1 Å². The summed E-state index contributed by atoms with van der Waals surface area (Å²) >= 11 is 23.4. The van der Waals surface area contributed by atoms with Crippen molar-refractivity contribution < 1.29 is 9.53 Å². The molecule has 2 unspecified atom stereocenters. The minimum atomic E-state index is -1.72. The van der Waals surface area contributed by atoms with Crippen molar-refractivity contribution in [1.82, 2.24) is 21.3 Å². The molecule has 6 nitrogen and oxygen atoms in total. The molecule has 1 amide bonds. The van der Waals surface area contributed by atoms with Crippen molar-refractivity contribution in [2.75, 3.05) is 19.8 Å². The Morgan fingerprint density at radius 1 is 1.23 bits per heavy atom. The lowest BCUT2D eigenvalue weighted by Gasteiger charge is -2.30. The monoisotopic (exact) mass is 444 g/mol. The molecule has 10 heteroatoms. The maximum Gasteiger partial charge on any atom is 0.228 e. The van der Waals surface area contributed by atoms with Crippen molar-refractivity contribution >= 4 is 58.0 Å². The first-order valence-corrected chi connectivity index (χ1v) is 10.6. The summed E-state index contributed by atoms with van der Waals surface area (Å²) < 4.78 is 3.66. The number of hydrogen-bond acceptors (Lipinski definition) is 4. The van der Waals surface area contributed by atoms with Gasteiger partial charge in [0.25, 0.3) is 0 Å². The summed E-state index contributed by atoms with van der Waals surface area (Å²) in [4.78, 5) is 12.3. The second kappa shape index (κ2) is 11.1. The van der Waals surface area contributed by atoms with Crippen molar-refractivity contribution in [3.05, 3.63) is 0 Å². The van der Waals surface area contributed by atoms with E-state index in [1.807, 2.05) is 0 Å². The molecule has 1 saturated carbocycles. The lowest BCUT2D eigenvalue weighted by molar-refractivity contribution is -0.122. The zero-order chi connectivity index (χ0) is 19.0. The second-order valence-corrected chi connectivity index (χ2v) is 9.54. The number of thiocarbonyl (C=S) groups is 1. The van der Waals surface area contributed by atoms with Crippen LogP contribution in [0.2, 0.25) is 0 Å². The molecule has 1 aliphatic heterocycles. The predicted molar refractivity (Wildman–Crippen MR) is 110 cm³/mol. The van der Waals surface area contributed by atoms with Gasteiger partial charge in [0, 0.05) is 25.0 Å². The van der Waals surface area contributed by atoms with Gasteiger partial charge in [-0.3, -0.25) is 4.79 Å². The normalized spacial score (nSPS) is 23.1. The highest BCUT2D eigenvalue weighted by Crippen LogP contribution is 2.29. The first-order chi connectivity index (χ1) is 12.3. The number of amides is 1. The van der Waals surface area contributed by atoms with Gasteiger partial charge in [0.15, 0.2) is 5.11 Å². The van der Waals surface area contributed by atoms with Gasteiger partial charge in [0.05, 0.1) is 13.2 Å². The van der Waals surface area contributed by atoms with E-state index in [9.17, 15) is 4.79 Å². The summed E-state index contributed by atoms with van der Waals surface area (Å²) in [5.41, 5.74) is 0. The van der Waals surface area contributed by atoms with Crippen molar-refractivity contribution in [1.29, 1.82) is 0 Å². The van der Waals surface area contributed by atoms with Gasteiger partial charge in [-0.05, 0) is 31.5 Å². The lowest BCUT2D eigenvalue weighted by atomic mass is 9.96. The molecule has 1 aliphatic carbocycles. The predicted octanol–water partition coefficient (Wildman–Crippen LogP) is 2.36. The Labute approximate surface area is 175 Å². The van der Waals surface area contributed by atoms with E-state index < -0.39 is 9.96 Å². The zero-order valence-electron chi connectivity index (χ0n) is 14.7. The Kier molecular flexibility index (Phi) is 9.47. The van der Waals surface area contributed by atoms with Gasteiger partial charge in [-0.25, -0.2) is 0 Å². The van der Waals surface area contributed by atoms with Gasteiger partial charge in [0.2, 0.25) is 9.70 Å². The fraction of sp³-hybridized carbons (Fsp3) is 0.875. The molecule has 4 N–H and O–H groups in total. The molecule has 1 heterocycles. The molecule has 0 aromatic carbocycles. The van der Waals surface area contributed by atoms with Crippen LogP contribution in [0.25, 0.3) is 0 Å². The van der Waals surface area contributed by atoms with E-state index in [4.69, 9.17) is 51.8 Å². The zero-order valence-corrected chi connectivity index (χ0v) is 17.7. The highest BCUT2D eigenvalue weighted by molar-refractivity contribution is 7.80. The average molecular weight is 446 g/mol. The number of carbonyl (C=O) groups excluding carboxylic acids is 1. The Balaban J connectivity index is 1.77. The van der Waals surface area contributed by atoms with Crippen LogP contribution in [-0.2, 0) is 9.53 Å². The van der Waals surface area contributed by atoms with Crippen LogP contribution in [0.3, 0.4) is 0 Å². The molecule has 0 bridgehead atoms. The van der Waals surface area contributed by atoms with Gasteiger partial charge < -0.3 is 26.0 Å². The minimum Gasteiger partial charge on any atom is -0.379 e. The molecule has 150 valence electrons. The Morgan fingerprint density at radius 3 is 2.58 bits per heavy atom. The standard InChI is InChI=1S/C16H27Cl3N4O2S/c17-16(18,19)14(23-15(26)21-11-4-2-1-3-5-11)22-13(24)7-6-12-10-25-9-8-20-12/h11-12,14,20H,1-10H2,(H,22,24)(H2,21,23,26). The van der Waals surface area contributed by atoms with E-state index in [1.165, 1.54) is 19.3 Å². The number of halogens is 3. The number of nitrogens with one attached hydrogen (secondary N) is 4. The van der Waals surface area contributed by atoms with Crippen molar-refractivity contribution in [3.63, 3.8) is 0 Å². The lowest BCUT2D eigenvalue weighted by Crippen LogP contribution is -2.58. The van der Waals surface area contributed by atoms with Crippen molar-refractivity contribution in [2.24, 2.45) is 0 Å². The Bertz CT molecular complexity index is 467. The summed E-state index contributed by atoms with van der Waals surface area (Å²) in [5.74, 6) is -0.207. The van der Waals surface area contributed by atoms with E-state index >= 15 is 0 Å². The number of hydrogen-bond donors (Lipinski definition) is 4. The number of ether oxygens (including phenoxy) is 1. The summed E-state index contributed by atoms with van der Waals surface area (Å²) in [6.45, 7) is 2.11. The summed E-state index contributed by atoms with van der Waals surface area (Å²) in [5, 5.41) is 12.6. The van der Waals surface area contributed by atoms with E-state index in [-0.39, 0.29) is 11.9 Å². The van der Waals surface area contributed by atoms with Crippen LogP contribution in [0.1, 0.15) is 44.9 Å². The maximum absolute atomic E-state index is 12.3. The number of morpholine rings is 1. The molecule has 0 radical (unpaired) electrons. The van der Waals surface area contributed by atoms with E-state index in [1.54, 1.807) is 0 Å². The van der Waals surface area contributed by atoms with Gasteiger partial charge in [-0.15, -0.1) is 0 Å². The van der Waals surface area contributed by atoms with Crippen LogP contribution in [-0.4, -0.2) is 52.8 Å². The van der Waals surface area contributed by atoms with Gasteiger partial charge in [-0.2, -0.15) is 0 Å². The summed E-state index contributed by atoms with van der Waals surface area (Å²) in [7, 11) is 0. The Morgan fingerprint density at radius 2 is 1.96 bits per heavy atom. The number of rotatable bonds is 6. The number of alkyl halides is 3. The quantitative estimate of drug-likeness (QED) is 0.286. The number of carbonyl (C=O) groups is 1. The van der Waals surface area contributed by atoms with E-state index in [2.05, 4.69) is 21.3 Å². The molecule has 2 rings (SSSR count). The molecular weight excluding hydrogens is 419 g/mol. The van der Waals surface area contributed by atoms with Crippen molar-refractivity contribution in [3.8, 4) is 0 Å². The van der Waals surface area contributed by atoms with Gasteiger partial charge in [0.1, 0.15) is 6.17 Å². The molecule has 2 aliphatic rings. The van der Waals surface area contributed by atoms with Crippen LogP contribution in [0.15, 0.2) is 0 Å². The highest BCUT2D eigenvalue weighted by atomic mass is 35.6. The molecule has 1 saturated heterocycles. The second-order valence-electron chi connectivity index (χ2n) is 6.76. The maximum atomic E-state index is 12.3. The molecule has 2 fully saturated rings. The smallest absolute Gasteiger partial charge is 0.228 e. The van der Waals surface area contributed by atoms with Crippen LogP contribution in [0.4, 0.5) is 0 Å². The first kappa shape index (κ1) is 22.2. The first-order valence-electron chi connectivity index (χ1n) is 9.09. The fourth-order valence-corrected chi connectivity index (χ4v) is 3.76. The average Bonchev–Trinajstić information content (AvgIpc) is 2.60. The molecule has 0 aromatic heterocycles. The molecule has 0 spiro atoms. The Hall–Kier alpha value is -0.0500. The summed E-state index contributed by atoms with van der Waals surface area (Å²) in [6, 6.07) is 0.496. The molecule has 26 heavy (non-hydrogen) atoms. The van der Waals surface area contributed by atoms with Crippen LogP contribution >= 0.6 is 47.0 Å². The van der Waals surface area contributed by atoms with E-state index in [0.717, 1.165) is 19.4 Å². The third-order valence-corrected chi connectivity index (χ3v) is 5.46. The highest BCUT2D eigenvalue weighted by Gasteiger charge is 2.35. The van der Waals surface area contributed by atoms with Crippen LogP contribution in [0.5, 0.6) is 0 Å². The SMILES string of the molecule is O=C(CCC1COCCN1)NC(NC(=S)NC1CCCCC1)C(Cl)(Cl)Cl. The van der Waals surface area contributed by atoms with Crippen molar-refractivity contribution in [2.45, 2.75) is 67.0 Å². The third-order valence-electron chi connectivity index (χ3n) is 4.57. The molecular formula is C16H27Cl3N4O2S. The van der Waals surface area contributed by atoms with E-state index in [0.29, 0.717) is 37.2 Å². The molecule has 2 atom stereocenters. The van der Waals surface area contributed by atoms with Crippen LogP contribution < -0.4 is 21.3 Å². The molecule has 0 aromatic rings. The topological polar surface area (TPSA) is 74.4 Å². The minimum absolute atomic E-state index is 0.169. The fourth-order valence-electron chi connectivity index (χ4n) is 3.15. The third kappa shape index (κ3) is 8.31. The van der Waals surface area contributed by atoms with Gasteiger partial charge >= 0.3 is 0 Å². The largest absolute Gasteiger partial charge is 0.379 e.